The van der Waals surface area contributed by atoms with Crippen LogP contribution in [-0.4, -0.2) is 24.8 Å². The number of ether oxygens (including phenoxy) is 1. The number of methoxy groups -OCH3 is 1. The predicted molar refractivity (Wildman–Crippen MR) is 106 cm³/mol. The average Bonchev–Trinajstić information content (AvgIpc) is 3.00. The third kappa shape index (κ3) is 3.25. The summed E-state index contributed by atoms with van der Waals surface area (Å²) >= 11 is 0. The van der Waals surface area contributed by atoms with Gasteiger partial charge in [-0.25, -0.2) is 0 Å². The molecule has 0 spiro atoms. The van der Waals surface area contributed by atoms with Crippen LogP contribution in [0.15, 0.2) is 18.2 Å². The first kappa shape index (κ1) is 19.2. The Labute approximate surface area is 166 Å². The third-order valence-corrected chi connectivity index (χ3v) is 7.50. The van der Waals surface area contributed by atoms with Gasteiger partial charge in [-0.1, -0.05) is 13.0 Å². The second-order valence-corrected chi connectivity index (χ2v) is 8.87. The topological polar surface area (TPSA) is 72.5 Å². The molecule has 0 aliphatic heterocycles. The van der Waals surface area contributed by atoms with Crippen molar-refractivity contribution in [3.05, 3.63) is 29.3 Å². The first-order valence-corrected chi connectivity index (χ1v) is 10.4. The lowest BCUT2D eigenvalue weighted by atomic mass is 9.55. The number of hydrogen-bond acceptors (Lipinski definition) is 4. The van der Waals surface area contributed by atoms with E-state index in [1.165, 1.54) is 18.2 Å². The zero-order chi connectivity index (χ0) is 19.9. The van der Waals surface area contributed by atoms with Crippen LogP contribution in [0.1, 0.15) is 68.9 Å². The minimum absolute atomic E-state index is 0.0910. The summed E-state index contributed by atoms with van der Waals surface area (Å²) in [6.45, 7) is 2.20. The first-order valence-electron chi connectivity index (χ1n) is 10.4. The van der Waals surface area contributed by atoms with Crippen LogP contribution in [0.5, 0.6) is 0 Å². The highest BCUT2D eigenvalue weighted by Gasteiger charge is 2.54. The lowest BCUT2D eigenvalue weighted by Crippen LogP contribution is -2.42. The summed E-state index contributed by atoms with van der Waals surface area (Å²) in [5.74, 6) is 1.62. The van der Waals surface area contributed by atoms with Crippen molar-refractivity contribution in [3.63, 3.8) is 0 Å². The Balaban J connectivity index is 1.47. The fraction of sp³-hybridized carbons (Fsp3) is 0.609. The quantitative estimate of drug-likeness (QED) is 0.798. The number of hydrogen-bond donors (Lipinski definition) is 1. The van der Waals surface area contributed by atoms with Crippen molar-refractivity contribution >= 4 is 23.3 Å². The molecule has 0 saturated heterocycles. The summed E-state index contributed by atoms with van der Waals surface area (Å²) in [5.41, 5.74) is 3.43. The van der Waals surface area contributed by atoms with E-state index in [0.717, 1.165) is 44.2 Å². The summed E-state index contributed by atoms with van der Waals surface area (Å²) < 4.78 is 4.58. The molecule has 150 valence electrons. The van der Waals surface area contributed by atoms with Crippen molar-refractivity contribution in [2.24, 2.45) is 17.3 Å². The predicted octanol–water partition coefficient (Wildman–Crippen LogP) is 4.00. The van der Waals surface area contributed by atoms with Crippen molar-refractivity contribution in [3.8, 4) is 0 Å². The van der Waals surface area contributed by atoms with E-state index >= 15 is 0 Å². The normalized spacial score (nSPS) is 30.8. The average molecular weight is 383 g/mol. The number of carbonyl (C=O) groups excluding carboxylic acids is 3. The van der Waals surface area contributed by atoms with Crippen molar-refractivity contribution < 1.29 is 19.1 Å². The second-order valence-electron chi connectivity index (χ2n) is 8.87. The minimum Gasteiger partial charge on any atom is -0.469 e. The van der Waals surface area contributed by atoms with Gasteiger partial charge in [0.15, 0.2) is 0 Å². The number of anilines is 1. The lowest BCUT2D eigenvalue weighted by molar-refractivity contribution is -0.141. The van der Waals surface area contributed by atoms with Gasteiger partial charge in [0.05, 0.1) is 13.5 Å². The largest absolute Gasteiger partial charge is 0.469 e. The highest BCUT2D eigenvalue weighted by Crippen LogP contribution is 2.59. The van der Waals surface area contributed by atoms with Gasteiger partial charge in [0.25, 0.3) is 0 Å². The third-order valence-electron chi connectivity index (χ3n) is 7.50. The SMILES string of the molecule is COC(=O)CCC(=O)Nc1ccc2c(c1)CCC1C2CCC2(C)C(=O)CCC12. The summed E-state index contributed by atoms with van der Waals surface area (Å²) in [6.07, 6.45) is 6.26. The van der Waals surface area contributed by atoms with E-state index < -0.39 is 0 Å². The van der Waals surface area contributed by atoms with Crippen LogP contribution in [-0.2, 0) is 25.5 Å². The Bertz CT molecular complexity index is 817. The van der Waals surface area contributed by atoms with E-state index in [4.69, 9.17) is 0 Å². The summed E-state index contributed by atoms with van der Waals surface area (Å²) in [4.78, 5) is 35.7. The Morgan fingerprint density at radius 1 is 1.18 bits per heavy atom. The molecule has 0 bridgehead atoms. The molecule has 1 aromatic carbocycles. The smallest absolute Gasteiger partial charge is 0.306 e. The second kappa shape index (κ2) is 7.34. The standard InChI is InChI=1S/C23H29NO4/c1-23-12-11-17-16-6-4-15(24-21(26)9-10-22(27)28-2)13-14(16)3-5-18(17)19(23)7-8-20(23)25/h4,6,13,17-19H,3,5,7-12H2,1-2H3,(H,24,26). The molecule has 28 heavy (non-hydrogen) atoms. The van der Waals surface area contributed by atoms with E-state index in [2.05, 4.69) is 29.1 Å². The Morgan fingerprint density at radius 2 is 2.00 bits per heavy atom. The van der Waals surface area contributed by atoms with Crippen molar-refractivity contribution in [1.29, 1.82) is 0 Å². The van der Waals surface area contributed by atoms with E-state index in [1.807, 2.05) is 6.07 Å². The fourth-order valence-electron chi connectivity index (χ4n) is 5.97. The van der Waals surface area contributed by atoms with Gasteiger partial charge in [0.2, 0.25) is 5.91 Å². The molecule has 3 aliphatic carbocycles. The Hall–Kier alpha value is -2.17. The number of Topliss-reactive ketones (excluding diaryl/α,β-unsaturated/α-hetero) is 1. The fourth-order valence-corrected chi connectivity index (χ4v) is 5.97. The first-order chi connectivity index (χ1) is 13.4. The molecule has 1 aromatic rings. The van der Waals surface area contributed by atoms with E-state index in [1.54, 1.807) is 0 Å². The Kier molecular flexibility index (Phi) is 5.02. The van der Waals surface area contributed by atoms with Gasteiger partial charge in [-0.3, -0.25) is 14.4 Å². The van der Waals surface area contributed by atoms with Crippen molar-refractivity contribution in [1.82, 2.24) is 0 Å². The molecule has 1 N–H and O–H groups in total. The zero-order valence-corrected chi connectivity index (χ0v) is 16.8. The molecule has 0 heterocycles. The number of benzene rings is 1. The van der Waals surface area contributed by atoms with Crippen LogP contribution in [0.3, 0.4) is 0 Å². The molecule has 2 saturated carbocycles. The maximum atomic E-state index is 12.4. The highest BCUT2D eigenvalue weighted by atomic mass is 16.5. The number of ketones is 1. The maximum Gasteiger partial charge on any atom is 0.306 e. The molecule has 4 unspecified atom stereocenters. The van der Waals surface area contributed by atoms with Gasteiger partial charge < -0.3 is 10.1 Å². The molecule has 0 aromatic heterocycles. The molecule has 2 fully saturated rings. The van der Waals surface area contributed by atoms with Crippen LogP contribution in [0.25, 0.3) is 0 Å². The zero-order valence-electron chi connectivity index (χ0n) is 16.8. The molecule has 0 radical (unpaired) electrons. The van der Waals surface area contributed by atoms with Crippen molar-refractivity contribution in [2.45, 2.75) is 64.2 Å². The minimum atomic E-state index is -0.374. The van der Waals surface area contributed by atoms with E-state index in [9.17, 15) is 14.4 Å². The van der Waals surface area contributed by atoms with E-state index in [0.29, 0.717) is 23.5 Å². The number of nitrogens with one attached hydrogen (secondary N) is 1. The monoisotopic (exact) mass is 383 g/mol. The molecule has 4 atom stereocenters. The maximum absolute atomic E-state index is 12.4. The lowest BCUT2D eigenvalue weighted by Gasteiger charge is -2.48. The van der Waals surface area contributed by atoms with Gasteiger partial charge in [-0.2, -0.15) is 0 Å². The number of aryl methyl sites for hydroxylation is 1. The van der Waals surface area contributed by atoms with Gasteiger partial charge in [0, 0.05) is 23.9 Å². The van der Waals surface area contributed by atoms with Crippen LogP contribution in [0.4, 0.5) is 5.69 Å². The van der Waals surface area contributed by atoms with Gasteiger partial charge in [-0.05, 0) is 73.1 Å². The molecule has 5 heteroatoms. The van der Waals surface area contributed by atoms with Gasteiger partial charge in [-0.15, -0.1) is 0 Å². The Morgan fingerprint density at radius 3 is 2.79 bits per heavy atom. The number of amides is 1. The van der Waals surface area contributed by atoms with Crippen LogP contribution < -0.4 is 5.32 Å². The van der Waals surface area contributed by atoms with Gasteiger partial charge in [0.1, 0.15) is 5.78 Å². The molecule has 4 rings (SSSR count). The number of rotatable bonds is 4. The van der Waals surface area contributed by atoms with Crippen LogP contribution in [0.2, 0.25) is 0 Å². The number of esters is 1. The van der Waals surface area contributed by atoms with Crippen LogP contribution in [0, 0.1) is 17.3 Å². The van der Waals surface area contributed by atoms with Gasteiger partial charge >= 0.3 is 5.97 Å². The van der Waals surface area contributed by atoms with Crippen molar-refractivity contribution in [2.75, 3.05) is 12.4 Å². The molecular formula is C23H29NO4. The van der Waals surface area contributed by atoms with Crippen LogP contribution >= 0.6 is 0 Å². The summed E-state index contributed by atoms with van der Waals surface area (Å²) in [5, 5.41) is 2.90. The highest BCUT2D eigenvalue weighted by molar-refractivity contribution is 5.92. The van der Waals surface area contributed by atoms with E-state index in [-0.39, 0.29) is 30.1 Å². The number of fused-ring (bicyclic) bond motifs is 5. The molecule has 3 aliphatic rings. The summed E-state index contributed by atoms with van der Waals surface area (Å²) in [6, 6.07) is 6.24. The number of carbonyl (C=O) groups is 3. The molecular weight excluding hydrogens is 354 g/mol. The summed E-state index contributed by atoms with van der Waals surface area (Å²) in [7, 11) is 1.33. The molecule has 5 nitrogen and oxygen atoms in total. The molecule has 1 amide bonds.